The lowest BCUT2D eigenvalue weighted by atomic mass is 9.53. The summed E-state index contributed by atoms with van der Waals surface area (Å²) in [6.07, 6.45) is 9.52. The minimum absolute atomic E-state index is 0.0413. The highest BCUT2D eigenvalue weighted by Crippen LogP contribution is 2.64. The number of carbonyl (C=O) groups is 1. The molecule has 6 rings (SSSR count). The first-order valence-corrected chi connectivity index (χ1v) is 14.5. The van der Waals surface area contributed by atoms with E-state index < -0.39 is 0 Å². The van der Waals surface area contributed by atoms with Crippen LogP contribution >= 0.6 is 11.3 Å². The van der Waals surface area contributed by atoms with Crippen LogP contribution in [0.25, 0.3) is 0 Å². The predicted octanol–water partition coefficient (Wildman–Crippen LogP) is 6.71. The van der Waals surface area contributed by atoms with Crippen LogP contribution in [-0.2, 0) is 22.0 Å². The lowest BCUT2D eigenvalue weighted by molar-refractivity contribution is -0.116. The molecule has 196 valence electrons. The molecule has 3 aromatic rings. The third-order valence-corrected chi connectivity index (χ3v) is 10.4. The van der Waals surface area contributed by atoms with Crippen molar-refractivity contribution in [3.05, 3.63) is 57.4 Å². The number of amides is 1. The number of fused-ring (bicyclic) bond motifs is 7. The number of hydrogen-bond donors (Lipinski definition) is 3. The zero-order valence-electron chi connectivity index (χ0n) is 22.5. The van der Waals surface area contributed by atoms with E-state index in [1.807, 2.05) is 19.2 Å². The van der Waals surface area contributed by atoms with Crippen molar-refractivity contribution in [1.29, 1.82) is 0 Å². The highest BCUT2D eigenvalue weighted by atomic mass is 32.1. The second-order valence-electron chi connectivity index (χ2n) is 12.8. The molecule has 1 amide bonds. The van der Waals surface area contributed by atoms with E-state index >= 15 is 0 Å². The van der Waals surface area contributed by atoms with Gasteiger partial charge in [-0.25, -0.2) is 4.98 Å². The van der Waals surface area contributed by atoms with Crippen LogP contribution in [0, 0.1) is 18.8 Å². The Morgan fingerprint density at radius 2 is 2.05 bits per heavy atom. The van der Waals surface area contributed by atoms with Gasteiger partial charge in [-0.1, -0.05) is 33.8 Å². The summed E-state index contributed by atoms with van der Waals surface area (Å²) in [6, 6.07) is 4.36. The number of H-pyrrole nitrogens is 1. The average molecular weight is 519 g/mol. The van der Waals surface area contributed by atoms with E-state index in [-0.39, 0.29) is 16.7 Å². The van der Waals surface area contributed by atoms with Crippen molar-refractivity contribution >= 4 is 22.4 Å². The molecule has 0 aliphatic heterocycles. The van der Waals surface area contributed by atoms with Crippen LogP contribution in [0.3, 0.4) is 0 Å². The number of aromatic nitrogens is 3. The van der Waals surface area contributed by atoms with Crippen molar-refractivity contribution in [2.45, 2.75) is 95.8 Å². The van der Waals surface area contributed by atoms with Gasteiger partial charge in [-0.3, -0.25) is 9.89 Å². The maximum atomic E-state index is 12.9. The molecule has 3 aliphatic rings. The van der Waals surface area contributed by atoms with Gasteiger partial charge in [0, 0.05) is 28.6 Å². The summed E-state index contributed by atoms with van der Waals surface area (Å²) in [7, 11) is 0. The van der Waals surface area contributed by atoms with Crippen molar-refractivity contribution in [3.8, 4) is 5.75 Å². The Morgan fingerprint density at radius 3 is 2.78 bits per heavy atom. The van der Waals surface area contributed by atoms with Gasteiger partial charge in [0.05, 0.1) is 6.20 Å². The van der Waals surface area contributed by atoms with Crippen molar-refractivity contribution in [3.63, 3.8) is 0 Å². The van der Waals surface area contributed by atoms with Crippen LogP contribution in [0.15, 0.2) is 24.5 Å². The van der Waals surface area contributed by atoms with Crippen LogP contribution in [0.2, 0.25) is 0 Å². The summed E-state index contributed by atoms with van der Waals surface area (Å²) in [6.45, 7) is 11.0. The van der Waals surface area contributed by atoms with Crippen LogP contribution in [0.1, 0.15) is 104 Å². The van der Waals surface area contributed by atoms with E-state index in [4.69, 9.17) is 0 Å². The van der Waals surface area contributed by atoms with Crippen LogP contribution in [0.5, 0.6) is 5.75 Å². The summed E-state index contributed by atoms with van der Waals surface area (Å²) < 4.78 is 0. The predicted molar refractivity (Wildman–Crippen MR) is 147 cm³/mol. The van der Waals surface area contributed by atoms with Gasteiger partial charge in [0.1, 0.15) is 5.75 Å². The van der Waals surface area contributed by atoms with Crippen molar-refractivity contribution in [2.24, 2.45) is 11.8 Å². The second-order valence-corrected chi connectivity index (χ2v) is 14.0. The van der Waals surface area contributed by atoms with Crippen LogP contribution < -0.4 is 5.32 Å². The summed E-state index contributed by atoms with van der Waals surface area (Å²) in [5, 5.41) is 22.3. The van der Waals surface area contributed by atoms with E-state index in [9.17, 15) is 9.90 Å². The molecule has 37 heavy (non-hydrogen) atoms. The van der Waals surface area contributed by atoms with Gasteiger partial charge >= 0.3 is 0 Å². The van der Waals surface area contributed by atoms with Gasteiger partial charge in [0.2, 0.25) is 5.91 Å². The first kappa shape index (κ1) is 24.7. The van der Waals surface area contributed by atoms with Crippen molar-refractivity contribution < 1.29 is 9.90 Å². The van der Waals surface area contributed by atoms with E-state index in [0.29, 0.717) is 41.0 Å². The molecule has 2 aromatic heterocycles. The number of anilines is 1. The van der Waals surface area contributed by atoms with E-state index in [0.717, 1.165) is 42.5 Å². The Morgan fingerprint density at radius 1 is 1.24 bits per heavy atom. The molecule has 1 saturated carbocycles. The fourth-order valence-corrected chi connectivity index (χ4v) is 8.62. The number of thiazole rings is 1. The zero-order valence-corrected chi connectivity index (χ0v) is 23.3. The van der Waals surface area contributed by atoms with E-state index in [1.165, 1.54) is 33.7 Å². The molecule has 7 heteroatoms. The van der Waals surface area contributed by atoms with Gasteiger partial charge < -0.3 is 10.4 Å². The summed E-state index contributed by atoms with van der Waals surface area (Å²) in [5.74, 6) is 2.32. The quantitative estimate of drug-likeness (QED) is 0.358. The number of carbonyl (C=O) groups excluding carboxylic acids is 1. The van der Waals surface area contributed by atoms with Crippen molar-refractivity contribution in [2.75, 3.05) is 5.32 Å². The lowest BCUT2D eigenvalue weighted by Gasteiger charge is -2.51. The zero-order chi connectivity index (χ0) is 26.1. The third kappa shape index (κ3) is 4.01. The fraction of sp³-hybridized carbons (Fsp3) is 0.567. The van der Waals surface area contributed by atoms with E-state index in [1.54, 1.807) is 6.20 Å². The van der Waals surface area contributed by atoms with Gasteiger partial charge in [-0.05, 0) is 96.4 Å². The summed E-state index contributed by atoms with van der Waals surface area (Å²) >= 11 is 1.52. The molecule has 0 radical (unpaired) electrons. The van der Waals surface area contributed by atoms with Crippen LogP contribution in [-0.4, -0.2) is 26.2 Å². The number of benzene rings is 1. The molecule has 3 N–H and O–H groups in total. The van der Waals surface area contributed by atoms with Gasteiger partial charge in [-0.15, -0.1) is 11.3 Å². The van der Waals surface area contributed by atoms with Crippen molar-refractivity contribution in [1.82, 2.24) is 15.2 Å². The number of aryl methyl sites for hydroxylation is 2. The second kappa shape index (κ2) is 8.69. The average Bonchev–Trinajstić information content (AvgIpc) is 3.53. The number of nitrogens with one attached hydrogen (secondary N) is 2. The Hall–Kier alpha value is -2.67. The maximum Gasteiger partial charge on any atom is 0.226 e. The maximum absolute atomic E-state index is 12.9. The molecule has 5 atom stereocenters. The number of phenols is 1. The standard InChI is InChI=1S/C30H38N4O2S/c1-16-14-31-28(37-16)33-25(36)9-8-20-22-15-32-34-27(22)30(5)11-10-18-19(26(20)30)7-6-17-12-24(35)23(13-21(17)18)29(2,3)4/h12-15,18-20,26,35H,6-11H2,1-5H3,(H,32,34)(H,31,33,36)/t18?,19?,20-,26?,30+/m1/s1. The SMILES string of the molecule is Cc1cnc(NC(=O)CC[C@@H]2c3cn[nH]c3[C@@]3(C)CCC4c5cc(C(C)(C)C)c(O)cc5CCC4C23)s1. The molecule has 0 bridgehead atoms. The number of aromatic amines is 1. The Kier molecular flexibility index (Phi) is 5.79. The summed E-state index contributed by atoms with van der Waals surface area (Å²) in [4.78, 5) is 18.3. The number of aromatic hydroxyl groups is 1. The Labute approximate surface area is 223 Å². The molecule has 1 aromatic carbocycles. The van der Waals surface area contributed by atoms with Gasteiger partial charge in [-0.2, -0.15) is 5.10 Å². The first-order valence-electron chi connectivity index (χ1n) is 13.7. The number of rotatable bonds is 4. The molecule has 3 unspecified atom stereocenters. The largest absolute Gasteiger partial charge is 0.508 e. The molecular weight excluding hydrogens is 480 g/mol. The fourth-order valence-electron chi connectivity index (χ4n) is 7.94. The number of nitrogens with zero attached hydrogens (tertiary/aromatic N) is 2. The molecule has 3 aliphatic carbocycles. The molecule has 2 heterocycles. The van der Waals surface area contributed by atoms with Gasteiger partial charge in [0.25, 0.3) is 0 Å². The normalized spacial score (nSPS) is 28.2. The summed E-state index contributed by atoms with van der Waals surface area (Å²) in [5.41, 5.74) is 6.39. The van der Waals surface area contributed by atoms with E-state index in [2.05, 4.69) is 54.3 Å². The molecule has 0 spiro atoms. The number of hydrogen-bond acceptors (Lipinski definition) is 5. The minimum atomic E-state index is -0.0996. The lowest BCUT2D eigenvalue weighted by Crippen LogP contribution is -2.44. The third-order valence-electron chi connectivity index (χ3n) is 9.52. The highest BCUT2D eigenvalue weighted by molar-refractivity contribution is 7.15. The smallest absolute Gasteiger partial charge is 0.226 e. The Balaban J connectivity index is 1.30. The monoisotopic (exact) mass is 518 g/mol. The van der Waals surface area contributed by atoms with Gasteiger partial charge in [0.15, 0.2) is 5.13 Å². The molecule has 1 fully saturated rings. The first-order chi connectivity index (χ1) is 17.6. The molecular formula is C30H38N4O2S. The highest BCUT2D eigenvalue weighted by Gasteiger charge is 2.57. The topological polar surface area (TPSA) is 90.9 Å². The number of phenolic OH excluding ortho intramolecular Hbond substituents is 1. The van der Waals surface area contributed by atoms with Crippen LogP contribution in [0.4, 0.5) is 5.13 Å². The minimum Gasteiger partial charge on any atom is -0.508 e. The molecule has 0 saturated heterocycles. The Bertz CT molecular complexity index is 1350. The molecule has 6 nitrogen and oxygen atoms in total.